The number of benzene rings is 1. The van der Waals surface area contributed by atoms with Crippen LogP contribution in [0.25, 0.3) is 11.3 Å². The van der Waals surface area contributed by atoms with Crippen LogP contribution in [0.5, 0.6) is 0 Å². The van der Waals surface area contributed by atoms with Crippen molar-refractivity contribution in [3.63, 3.8) is 0 Å². The maximum Gasteiger partial charge on any atom is 0.212 e. The van der Waals surface area contributed by atoms with Crippen LogP contribution < -0.4 is 4.57 Å². The first-order chi connectivity index (χ1) is 9.49. The summed E-state index contributed by atoms with van der Waals surface area (Å²) in [5.41, 5.74) is 7.51. The molecule has 0 spiro atoms. The quantitative estimate of drug-likeness (QED) is 0.684. The van der Waals surface area contributed by atoms with Gasteiger partial charge in [0.2, 0.25) is 5.69 Å². The van der Waals surface area contributed by atoms with Gasteiger partial charge in [0.25, 0.3) is 0 Å². The number of nitrogens with zero attached hydrogens (tertiary/aromatic N) is 1. The van der Waals surface area contributed by atoms with E-state index in [-0.39, 0.29) is 0 Å². The smallest absolute Gasteiger partial charge is 0.201 e. The Kier molecular flexibility index (Phi) is 3.16. The van der Waals surface area contributed by atoms with Crippen LogP contribution in [0, 0.1) is 6.92 Å². The van der Waals surface area contributed by atoms with Crippen LogP contribution in [0.1, 0.15) is 43.4 Å². The Morgan fingerprint density at radius 1 is 1.15 bits per heavy atom. The Labute approximate surface area is 122 Å². The highest BCUT2D eigenvalue weighted by Gasteiger charge is 2.28. The molecule has 0 unspecified atom stereocenters. The summed E-state index contributed by atoms with van der Waals surface area (Å²) in [6.07, 6.45) is 5.96. The summed E-state index contributed by atoms with van der Waals surface area (Å²) in [5.74, 6) is 0. The van der Waals surface area contributed by atoms with Gasteiger partial charge >= 0.3 is 0 Å². The summed E-state index contributed by atoms with van der Waals surface area (Å²) in [6, 6.07) is 11.3. The number of hydrogen-bond acceptors (Lipinski definition) is 0. The highest BCUT2D eigenvalue weighted by Crippen LogP contribution is 2.39. The maximum absolute atomic E-state index is 2.43. The van der Waals surface area contributed by atoms with Crippen LogP contribution in [-0.4, -0.2) is 0 Å². The highest BCUT2D eigenvalue weighted by molar-refractivity contribution is 5.64. The molecule has 1 aromatic carbocycles. The molecule has 1 heterocycles. The first-order valence-electron chi connectivity index (χ1n) is 7.58. The Balaban J connectivity index is 2.18. The van der Waals surface area contributed by atoms with Gasteiger partial charge in [-0.15, -0.1) is 0 Å². The average Bonchev–Trinajstić information content (AvgIpc) is 2.40. The molecular formula is C19H24N+. The van der Waals surface area contributed by atoms with E-state index < -0.39 is 0 Å². The molecule has 0 radical (unpaired) electrons. The van der Waals surface area contributed by atoms with Gasteiger partial charge in [-0.25, -0.2) is 4.57 Å². The molecule has 3 rings (SSSR count). The van der Waals surface area contributed by atoms with E-state index in [0.717, 1.165) is 0 Å². The number of pyridine rings is 1. The van der Waals surface area contributed by atoms with E-state index in [1.807, 2.05) is 0 Å². The summed E-state index contributed by atoms with van der Waals surface area (Å²) in [7, 11) is 2.12. The largest absolute Gasteiger partial charge is 0.212 e. The zero-order chi connectivity index (χ0) is 14.3. The molecule has 1 nitrogen and oxygen atoms in total. The van der Waals surface area contributed by atoms with Crippen molar-refractivity contribution in [2.45, 2.75) is 45.4 Å². The molecule has 0 aliphatic heterocycles. The molecule has 1 heteroatoms. The summed E-state index contributed by atoms with van der Waals surface area (Å²) in [5, 5.41) is 0. The molecule has 20 heavy (non-hydrogen) atoms. The molecule has 2 aromatic rings. The van der Waals surface area contributed by atoms with Crippen molar-refractivity contribution in [1.29, 1.82) is 0 Å². The summed E-state index contributed by atoms with van der Waals surface area (Å²) in [4.78, 5) is 0. The standard InChI is InChI=1S/C19H24N/c1-14-12-17-15(8-7-10-19(17,2)3)13-16(14)18-9-5-6-11-20(18)4/h5-6,9,11-13H,7-8,10H2,1-4H3/q+1. The van der Waals surface area contributed by atoms with Crippen molar-refractivity contribution in [1.82, 2.24) is 0 Å². The monoisotopic (exact) mass is 266 g/mol. The maximum atomic E-state index is 2.43. The fraction of sp³-hybridized carbons (Fsp3) is 0.421. The molecule has 1 aliphatic rings. The lowest BCUT2D eigenvalue weighted by Crippen LogP contribution is -2.30. The predicted octanol–water partition coefficient (Wildman–Crippen LogP) is 4.10. The van der Waals surface area contributed by atoms with Crippen LogP contribution in [0.4, 0.5) is 0 Å². The Hall–Kier alpha value is -1.63. The molecule has 1 aromatic heterocycles. The lowest BCUT2D eigenvalue weighted by molar-refractivity contribution is -0.660. The number of hydrogen-bond donors (Lipinski definition) is 0. The van der Waals surface area contributed by atoms with Gasteiger partial charge in [-0.2, -0.15) is 0 Å². The Morgan fingerprint density at radius 2 is 1.95 bits per heavy atom. The summed E-state index contributed by atoms with van der Waals surface area (Å²) in [6.45, 7) is 7.01. The van der Waals surface area contributed by atoms with E-state index in [0.29, 0.717) is 5.41 Å². The van der Waals surface area contributed by atoms with Gasteiger partial charge in [-0.3, -0.25) is 0 Å². The molecule has 0 saturated carbocycles. The molecular weight excluding hydrogens is 242 g/mol. The minimum atomic E-state index is 0.329. The molecule has 104 valence electrons. The van der Waals surface area contributed by atoms with Crippen molar-refractivity contribution in [2.75, 3.05) is 0 Å². The summed E-state index contributed by atoms with van der Waals surface area (Å²) < 4.78 is 2.21. The molecule has 1 aliphatic carbocycles. The van der Waals surface area contributed by atoms with Gasteiger partial charge in [0.1, 0.15) is 7.05 Å². The van der Waals surface area contributed by atoms with Crippen molar-refractivity contribution >= 4 is 0 Å². The van der Waals surface area contributed by atoms with Gasteiger partial charge in [-0.05, 0) is 60.4 Å². The fourth-order valence-electron chi connectivity index (χ4n) is 3.52. The van der Waals surface area contributed by atoms with E-state index >= 15 is 0 Å². The minimum absolute atomic E-state index is 0.329. The minimum Gasteiger partial charge on any atom is -0.201 e. The predicted molar refractivity (Wildman–Crippen MR) is 83.8 cm³/mol. The SMILES string of the molecule is Cc1cc2c(cc1-c1cccc[n+]1C)CCCC2(C)C. The second-order valence-corrected chi connectivity index (χ2v) is 6.76. The van der Waals surface area contributed by atoms with Gasteiger partial charge in [-0.1, -0.05) is 19.9 Å². The van der Waals surface area contributed by atoms with Crippen LogP contribution in [0.3, 0.4) is 0 Å². The van der Waals surface area contributed by atoms with Gasteiger partial charge in [0.15, 0.2) is 6.20 Å². The van der Waals surface area contributed by atoms with Gasteiger partial charge < -0.3 is 0 Å². The van der Waals surface area contributed by atoms with E-state index in [1.54, 1.807) is 11.1 Å². The van der Waals surface area contributed by atoms with Gasteiger partial charge in [0, 0.05) is 17.7 Å². The Bertz CT molecular complexity index is 653. The third-order valence-electron chi connectivity index (χ3n) is 4.76. The third-order valence-corrected chi connectivity index (χ3v) is 4.76. The third kappa shape index (κ3) is 2.15. The van der Waals surface area contributed by atoms with E-state index in [4.69, 9.17) is 0 Å². The van der Waals surface area contributed by atoms with E-state index in [9.17, 15) is 0 Å². The number of aryl methyl sites for hydroxylation is 3. The van der Waals surface area contributed by atoms with E-state index in [1.165, 1.54) is 36.1 Å². The molecule has 0 saturated heterocycles. The van der Waals surface area contributed by atoms with Gasteiger partial charge in [0.05, 0.1) is 0 Å². The molecule has 0 bridgehead atoms. The first-order valence-corrected chi connectivity index (χ1v) is 7.58. The number of rotatable bonds is 1. The zero-order valence-electron chi connectivity index (χ0n) is 13.0. The number of aromatic nitrogens is 1. The molecule has 0 N–H and O–H groups in total. The number of fused-ring (bicyclic) bond motifs is 1. The highest BCUT2D eigenvalue weighted by atomic mass is 14.9. The second kappa shape index (κ2) is 4.73. The fourth-order valence-corrected chi connectivity index (χ4v) is 3.52. The zero-order valence-corrected chi connectivity index (χ0v) is 13.0. The topological polar surface area (TPSA) is 3.88 Å². The van der Waals surface area contributed by atoms with Crippen LogP contribution in [-0.2, 0) is 18.9 Å². The van der Waals surface area contributed by atoms with Crippen molar-refractivity contribution in [3.8, 4) is 11.3 Å². The second-order valence-electron chi connectivity index (χ2n) is 6.76. The van der Waals surface area contributed by atoms with Crippen molar-refractivity contribution in [2.24, 2.45) is 7.05 Å². The normalized spacial score (nSPS) is 16.8. The van der Waals surface area contributed by atoms with E-state index in [2.05, 4.69) is 68.9 Å². The average molecular weight is 266 g/mol. The summed E-state index contributed by atoms with van der Waals surface area (Å²) >= 11 is 0. The van der Waals surface area contributed by atoms with Crippen LogP contribution >= 0.6 is 0 Å². The lowest BCUT2D eigenvalue weighted by atomic mass is 9.71. The first kappa shape index (κ1) is 13.4. The Morgan fingerprint density at radius 3 is 2.70 bits per heavy atom. The molecule has 0 atom stereocenters. The molecule has 0 amide bonds. The molecule has 0 fully saturated rings. The van der Waals surface area contributed by atoms with Crippen LogP contribution in [0.15, 0.2) is 36.5 Å². The van der Waals surface area contributed by atoms with Crippen LogP contribution in [0.2, 0.25) is 0 Å². The lowest BCUT2D eigenvalue weighted by Gasteiger charge is -2.33. The van der Waals surface area contributed by atoms with Crippen molar-refractivity contribution < 1.29 is 4.57 Å². The van der Waals surface area contributed by atoms with Crippen molar-refractivity contribution in [3.05, 3.63) is 53.2 Å².